The van der Waals surface area contributed by atoms with Gasteiger partial charge in [0.15, 0.2) is 0 Å². The van der Waals surface area contributed by atoms with Gasteiger partial charge in [-0.3, -0.25) is 4.31 Å². The van der Waals surface area contributed by atoms with Crippen molar-refractivity contribution in [2.75, 3.05) is 10.9 Å². The minimum Gasteiger partial charge on any atom is -0.493 e. The molecule has 30 heavy (non-hydrogen) atoms. The van der Waals surface area contributed by atoms with Gasteiger partial charge in [0.1, 0.15) is 11.3 Å². The minimum atomic E-state index is -4.04. The van der Waals surface area contributed by atoms with Crippen molar-refractivity contribution in [2.45, 2.75) is 24.8 Å². The number of anilines is 1. The zero-order valence-electron chi connectivity index (χ0n) is 16.6. The topological polar surface area (TPSA) is 83.9 Å². The number of ether oxygens (including phenoxy) is 1. The van der Waals surface area contributed by atoms with E-state index in [4.69, 9.17) is 4.74 Å². The summed E-state index contributed by atoms with van der Waals surface area (Å²) in [5.74, 6) is -1.10. The molecule has 0 aromatic heterocycles. The van der Waals surface area contributed by atoms with Crippen molar-refractivity contribution < 1.29 is 23.1 Å². The van der Waals surface area contributed by atoms with Crippen molar-refractivity contribution >= 4 is 21.7 Å². The van der Waals surface area contributed by atoms with Crippen LogP contribution in [0.15, 0.2) is 71.6 Å². The fourth-order valence-corrected chi connectivity index (χ4v) is 5.59. The van der Waals surface area contributed by atoms with Crippen molar-refractivity contribution in [3.63, 3.8) is 0 Å². The number of hydrogen-bond donors (Lipinski definition) is 1. The number of carbonyl (C=O) groups is 1. The molecule has 0 amide bonds. The highest BCUT2D eigenvalue weighted by molar-refractivity contribution is 7.92. The van der Waals surface area contributed by atoms with Gasteiger partial charge >= 0.3 is 5.97 Å². The largest absolute Gasteiger partial charge is 0.493 e. The second-order valence-corrected chi connectivity index (χ2v) is 8.79. The van der Waals surface area contributed by atoms with E-state index in [1.807, 2.05) is 43.3 Å². The Morgan fingerprint density at radius 3 is 2.40 bits per heavy atom. The maximum atomic E-state index is 13.7. The molecule has 3 aromatic carbocycles. The summed E-state index contributed by atoms with van der Waals surface area (Å²) >= 11 is 0. The molecule has 0 spiro atoms. The lowest BCUT2D eigenvalue weighted by molar-refractivity contribution is 0.0692. The summed E-state index contributed by atoms with van der Waals surface area (Å²) in [4.78, 5) is 11.6. The summed E-state index contributed by atoms with van der Waals surface area (Å²) in [7, 11) is -4.04. The molecule has 1 aliphatic heterocycles. The van der Waals surface area contributed by atoms with Crippen LogP contribution < -0.4 is 9.04 Å². The van der Waals surface area contributed by atoms with Gasteiger partial charge in [0.2, 0.25) is 0 Å². The smallest absolute Gasteiger partial charge is 0.339 e. The van der Waals surface area contributed by atoms with E-state index in [0.29, 0.717) is 5.69 Å². The number of fused-ring (bicyclic) bond motifs is 3. The SMILES string of the molecule is CCOc1ccc(S(=O)(=O)N2c3ccccc3-c3ccccc3C2C)cc1C(=O)O. The fourth-order valence-electron chi connectivity index (χ4n) is 3.90. The van der Waals surface area contributed by atoms with E-state index in [0.717, 1.165) is 16.7 Å². The van der Waals surface area contributed by atoms with Crippen LogP contribution in [0.3, 0.4) is 0 Å². The molecule has 0 bridgehead atoms. The van der Waals surface area contributed by atoms with Gasteiger partial charge in [0, 0.05) is 5.56 Å². The predicted octanol–water partition coefficient (Wildman–Crippen LogP) is 4.72. The van der Waals surface area contributed by atoms with Crippen LogP contribution in [0.5, 0.6) is 5.75 Å². The lowest BCUT2D eigenvalue weighted by Gasteiger charge is -2.37. The van der Waals surface area contributed by atoms with Crippen LogP contribution in [0, 0.1) is 0 Å². The average Bonchev–Trinajstić information content (AvgIpc) is 2.74. The molecule has 6 nitrogen and oxygen atoms in total. The second kappa shape index (κ2) is 7.50. The van der Waals surface area contributed by atoms with Crippen LogP contribution in [0.1, 0.15) is 35.8 Å². The Morgan fingerprint density at radius 2 is 1.70 bits per heavy atom. The fraction of sp³-hybridized carbons (Fsp3) is 0.174. The third-order valence-electron chi connectivity index (χ3n) is 5.23. The predicted molar refractivity (Wildman–Crippen MR) is 115 cm³/mol. The van der Waals surface area contributed by atoms with E-state index >= 15 is 0 Å². The highest BCUT2D eigenvalue weighted by atomic mass is 32.2. The Balaban J connectivity index is 1.90. The number of carboxylic acids is 1. The van der Waals surface area contributed by atoms with Crippen LogP contribution >= 0.6 is 0 Å². The van der Waals surface area contributed by atoms with E-state index in [9.17, 15) is 18.3 Å². The Kier molecular flexibility index (Phi) is 4.99. The molecule has 4 rings (SSSR count). The van der Waals surface area contributed by atoms with Gasteiger partial charge in [-0.25, -0.2) is 13.2 Å². The van der Waals surface area contributed by atoms with Gasteiger partial charge in [-0.15, -0.1) is 0 Å². The lowest BCUT2D eigenvalue weighted by Crippen LogP contribution is -2.36. The molecule has 154 valence electrons. The van der Waals surface area contributed by atoms with Gasteiger partial charge in [0.25, 0.3) is 10.0 Å². The molecule has 1 N–H and O–H groups in total. The molecular weight excluding hydrogens is 402 g/mol. The van der Waals surface area contributed by atoms with Crippen molar-refractivity contribution in [1.82, 2.24) is 0 Å². The Morgan fingerprint density at radius 1 is 1.03 bits per heavy atom. The maximum Gasteiger partial charge on any atom is 0.339 e. The number of para-hydroxylation sites is 1. The van der Waals surface area contributed by atoms with E-state index in [-0.39, 0.29) is 22.8 Å². The van der Waals surface area contributed by atoms with Crippen LogP contribution in [-0.4, -0.2) is 26.1 Å². The first kappa shape index (κ1) is 20.0. The molecule has 1 heterocycles. The lowest BCUT2D eigenvalue weighted by atomic mass is 9.90. The Bertz CT molecular complexity index is 1240. The summed E-state index contributed by atoms with van der Waals surface area (Å²) < 4.78 is 34.1. The van der Waals surface area contributed by atoms with Crippen molar-refractivity contribution in [3.05, 3.63) is 77.9 Å². The molecule has 0 aliphatic carbocycles. The molecule has 1 unspecified atom stereocenters. The summed E-state index contributed by atoms with van der Waals surface area (Å²) in [6.45, 7) is 3.85. The maximum absolute atomic E-state index is 13.7. The van der Waals surface area contributed by atoms with Gasteiger partial charge < -0.3 is 9.84 Å². The first-order valence-corrected chi connectivity index (χ1v) is 11.0. The summed E-state index contributed by atoms with van der Waals surface area (Å²) in [6.07, 6.45) is 0. The van der Waals surface area contributed by atoms with Crippen molar-refractivity contribution in [3.8, 4) is 16.9 Å². The normalized spacial score (nSPS) is 15.3. The molecule has 0 radical (unpaired) electrons. The van der Waals surface area contributed by atoms with Crippen LogP contribution in [-0.2, 0) is 10.0 Å². The number of rotatable bonds is 5. The van der Waals surface area contributed by atoms with Gasteiger partial charge in [-0.2, -0.15) is 0 Å². The molecule has 1 aliphatic rings. The zero-order valence-corrected chi connectivity index (χ0v) is 17.4. The molecule has 7 heteroatoms. The second-order valence-electron chi connectivity index (χ2n) is 6.98. The Hall–Kier alpha value is -3.32. The number of aromatic carboxylic acids is 1. The monoisotopic (exact) mass is 423 g/mol. The van der Waals surface area contributed by atoms with E-state index in [1.54, 1.807) is 19.1 Å². The number of sulfonamides is 1. The van der Waals surface area contributed by atoms with Crippen molar-refractivity contribution in [2.24, 2.45) is 0 Å². The number of carboxylic acid groups (broad SMARTS) is 1. The summed E-state index contributed by atoms with van der Waals surface area (Å²) in [6, 6.07) is 18.5. The average molecular weight is 423 g/mol. The molecule has 0 saturated carbocycles. The zero-order chi connectivity index (χ0) is 21.5. The van der Waals surface area contributed by atoms with Crippen molar-refractivity contribution in [1.29, 1.82) is 0 Å². The van der Waals surface area contributed by atoms with E-state index < -0.39 is 22.0 Å². The number of nitrogens with zero attached hydrogens (tertiary/aromatic N) is 1. The molecule has 1 atom stereocenters. The highest BCUT2D eigenvalue weighted by Gasteiger charge is 2.37. The van der Waals surface area contributed by atoms with Crippen LogP contribution in [0.25, 0.3) is 11.1 Å². The minimum absolute atomic E-state index is 0.0932. The van der Waals surface area contributed by atoms with E-state index in [2.05, 4.69) is 0 Å². The highest BCUT2D eigenvalue weighted by Crippen LogP contribution is 2.46. The van der Waals surface area contributed by atoms with Crippen LogP contribution in [0.4, 0.5) is 5.69 Å². The molecule has 0 saturated heterocycles. The summed E-state index contributed by atoms with van der Waals surface area (Å²) in [5.41, 5.74) is 3.08. The summed E-state index contributed by atoms with van der Waals surface area (Å²) in [5, 5.41) is 9.54. The van der Waals surface area contributed by atoms with Gasteiger partial charge in [-0.05, 0) is 49.2 Å². The molecule has 0 fully saturated rings. The molecular formula is C23H21NO5S. The molecule has 3 aromatic rings. The van der Waals surface area contributed by atoms with Crippen LogP contribution in [0.2, 0.25) is 0 Å². The van der Waals surface area contributed by atoms with Gasteiger partial charge in [0.05, 0.1) is 23.2 Å². The number of benzene rings is 3. The first-order valence-electron chi connectivity index (χ1n) is 9.59. The Labute approximate surface area is 175 Å². The quantitative estimate of drug-likeness (QED) is 0.642. The number of hydrogen-bond acceptors (Lipinski definition) is 4. The third-order valence-corrected chi connectivity index (χ3v) is 7.11. The van der Waals surface area contributed by atoms with E-state index in [1.165, 1.54) is 22.5 Å². The van der Waals surface area contributed by atoms with Gasteiger partial charge in [-0.1, -0.05) is 42.5 Å². The first-order chi connectivity index (χ1) is 14.4. The standard InChI is InChI=1S/C23H21NO5S/c1-3-29-22-13-12-16(14-20(22)23(25)26)30(27,28)24-15(2)17-8-4-5-9-18(17)19-10-6-7-11-21(19)24/h4-15H,3H2,1-2H3,(H,25,26). The third kappa shape index (κ3) is 3.11.